The maximum Gasteiger partial charge on any atom is 0.275 e. The summed E-state index contributed by atoms with van der Waals surface area (Å²) < 4.78 is 16.4. The number of ether oxygens (including phenoxy) is 2. The van der Waals surface area contributed by atoms with E-state index >= 15 is 0 Å². The van der Waals surface area contributed by atoms with Crippen LogP contribution in [0.4, 0.5) is 0 Å². The molecule has 2 aromatic carbocycles. The monoisotopic (exact) mass is 409 g/mol. The van der Waals surface area contributed by atoms with Crippen LogP contribution in [0.25, 0.3) is 10.8 Å². The molecule has 0 radical (unpaired) electrons. The van der Waals surface area contributed by atoms with Gasteiger partial charge in [-0.2, -0.15) is 0 Å². The van der Waals surface area contributed by atoms with E-state index in [9.17, 15) is 9.59 Å². The van der Waals surface area contributed by atoms with Gasteiger partial charge in [0.25, 0.3) is 5.91 Å². The number of hydrogen-bond acceptors (Lipinski definition) is 6. The summed E-state index contributed by atoms with van der Waals surface area (Å²) >= 11 is 0. The van der Waals surface area contributed by atoms with Gasteiger partial charge in [-0.3, -0.25) is 9.59 Å². The zero-order valence-corrected chi connectivity index (χ0v) is 16.7. The SMILES string of the molecule is COc1ccc2ccc(OCc3nc(C(=O)N4CCC[C@H](C(N)=O)C4)co3)cc2c1. The van der Waals surface area contributed by atoms with E-state index < -0.39 is 0 Å². The van der Waals surface area contributed by atoms with E-state index in [1.807, 2.05) is 36.4 Å². The van der Waals surface area contributed by atoms with Gasteiger partial charge < -0.3 is 24.5 Å². The molecule has 1 aliphatic heterocycles. The number of amides is 2. The van der Waals surface area contributed by atoms with Crippen molar-refractivity contribution in [3.63, 3.8) is 0 Å². The van der Waals surface area contributed by atoms with Gasteiger partial charge in [0.1, 0.15) is 17.8 Å². The molecule has 0 bridgehead atoms. The molecule has 0 saturated carbocycles. The van der Waals surface area contributed by atoms with Gasteiger partial charge in [-0.15, -0.1) is 0 Å². The van der Waals surface area contributed by atoms with Crippen LogP contribution in [0.15, 0.2) is 47.1 Å². The van der Waals surface area contributed by atoms with Crippen molar-refractivity contribution >= 4 is 22.6 Å². The van der Waals surface area contributed by atoms with Gasteiger partial charge in [-0.1, -0.05) is 12.1 Å². The Hall–Kier alpha value is -3.55. The lowest BCUT2D eigenvalue weighted by Gasteiger charge is -2.30. The summed E-state index contributed by atoms with van der Waals surface area (Å²) in [5, 5.41) is 2.06. The Kier molecular flexibility index (Phi) is 5.56. The summed E-state index contributed by atoms with van der Waals surface area (Å²) in [6, 6.07) is 11.5. The largest absolute Gasteiger partial charge is 0.497 e. The lowest BCUT2D eigenvalue weighted by molar-refractivity contribution is -0.123. The van der Waals surface area contributed by atoms with Gasteiger partial charge in [0.15, 0.2) is 12.3 Å². The van der Waals surface area contributed by atoms with E-state index in [2.05, 4.69) is 4.98 Å². The van der Waals surface area contributed by atoms with E-state index in [0.717, 1.165) is 22.9 Å². The highest BCUT2D eigenvalue weighted by Crippen LogP contribution is 2.25. The molecule has 1 aromatic heterocycles. The number of carbonyl (C=O) groups is 2. The van der Waals surface area contributed by atoms with Gasteiger partial charge >= 0.3 is 0 Å². The van der Waals surface area contributed by atoms with Crippen molar-refractivity contribution in [1.82, 2.24) is 9.88 Å². The Labute approximate surface area is 173 Å². The quantitative estimate of drug-likeness (QED) is 0.671. The number of rotatable bonds is 6. The molecular formula is C22H23N3O5. The van der Waals surface area contributed by atoms with Crippen LogP contribution in [0.5, 0.6) is 11.5 Å². The molecular weight excluding hydrogens is 386 g/mol. The minimum absolute atomic E-state index is 0.0899. The van der Waals surface area contributed by atoms with Crippen LogP contribution in [0, 0.1) is 5.92 Å². The topological polar surface area (TPSA) is 108 Å². The maximum atomic E-state index is 12.7. The number of benzene rings is 2. The summed E-state index contributed by atoms with van der Waals surface area (Å²) in [6.07, 6.45) is 2.76. The smallest absolute Gasteiger partial charge is 0.275 e. The standard InChI is InChI=1S/C22H23N3O5/c1-28-17-6-4-14-5-7-18(10-16(14)9-17)29-13-20-24-19(12-30-20)22(27)25-8-2-3-15(11-25)21(23)26/h4-7,9-10,12,15H,2-3,8,11,13H2,1H3,(H2,23,26)/t15-/m0/s1. The van der Waals surface area contributed by atoms with Crippen LogP contribution in [-0.2, 0) is 11.4 Å². The van der Waals surface area contributed by atoms with Crippen molar-refractivity contribution < 1.29 is 23.5 Å². The van der Waals surface area contributed by atoms with Gasteiger partial charge in [0.05, 0.1) is 13.0 Å². The Morgan fingerprint density at radius 2 is 1.97 bits per heavy atom. The maximum absolute atomic E-state index is 12.7. The van der Waals surface area contributed by atoms with Crippen molar-refractivity contribution in [3.05, 3.63) is 54.2 Å². The average Bonchev–Trinajstić information content (AvgIpc) is 3.25. The molecule has 3 aromatic rings. The molecule has 0 spiro atoms. The number of carbonyl (C=O) groups excluding carboxylic acids is 2. The van der Waals surface area contributed by atoms with E-state index in [1.54, 1.807) is 12.0 Å². The fourth-order valence-corrected chi connectivity index (χ4v) is 3.60. The average molecular weight is 409 g/mol. The number of nitrogens with two attached hydrogens (primary N) is 1. The van der Waals surface area contributed by atoms with Gasteiger partial charge in [-0.05, 0) is 47.9 Å². The Morgan fingerprint density at radius 1 is 1.20 bits per heavy atom. The van der Waals surface area contributed by atoms with Crippen LogP contribution in [0.2, 0.25) is 0 Å². The van der Waals surface area contributed by atoms with E-state index in [-0.39, 0.29) is 30.0 Å². The Morgan fingerprint density at radius 3 is 2.73 bits per heavy atom. The predicted octanol–water partition coefficient (Wildman–Crippen LogP) is 2.75. The molecule has 4 rings (SSSR count). The van der Waals surface area contributed by atoms with Crippen molar-refractivity contribution in [2.75, 3.05) is 20.2 Å². The van der Waals surface area contributed by atoms with Crippen molar-refractivity contribution in [2.24, 2.45) is 11.7 Å². The number of oxazole rings is 1. The normalized spacial score (nSPS) is 16.4. The van der Waals surface area contributed by atoms with Gasteiger partial charge in [-0.25, -0.2) is 4.98 Å². The summed E-state index contributed by atoms with van der Waals surface area (Å²) in [7, 11) is 1.63. The number of likely N-dealkylation sites (tertiary alicyclic amines) is 1. The zero-order valence-electron chi connectivity index (χ0n) is 16.7. The first kappa shape index (κ1) is 19.8. The lowest BCUT2D eigenvalue weighted by Crippen LogP contribution is -2.44. The molecule has 1 fully saturated rings. The van der Waals surface area contributed by atoms with Crippen LogP contribution in [-0.4, -0.2) is 41.9 Å². The highest BCUT2D eigenvalue weighted by atomic mass is 16.5. The fraction of sp³-hybridized carbons (Fsp3) is 0.318. The number of piperidine rings is 1. The number of aromatic nitrogens is 1. The summed E-state index contributed by atoms with van der Waals surface area (Å²) in [4.78, 5) is 29.9. The first-order valence-corrected chi connectivity index (χ1v) is 9.77. The van der Waals surface area contributed by atoms with E-state index in [1.165, 1.54) is 6.26 Å². The Bertz CT molecular complexity index is 1080. The van der Waals surface area contributed by atoms with E-state index in [0.29, 0.717) is 31.2 Å². The third-order valence-corrected chi connectivity index (χ3v) is 5.26. The fourth-order valence-electron chi connectivity index (χ4n) is 3.60. The summed E-state index contributed by atoms with van der Waals surface area (Å²) in [6.45, 7) is 0.974. The minimum atomic E-state index is -0.380. The molecule has 0 unspecified atom stereocenters. The second kappa shape index (κ2) is 8.44. The van der Waals surface area contributed by atoms with Crippen molar-refractivity contribution in [1.29, 1.82) is 0 Å². The second-order valence-corrected chi connectivity index (χ2v) is 7.28. The molecule has 2 heterocycles. The summed E-state index contributed by atoms with van der Waals surface area (Å²) in [5.41, 5.74) is 5.58. The molecule has 0 aliphatic carbocycles. The first-order valence-electron chi connectivity index (χ1n) is 9.77. The third-order valence-electron chi connectivity index (χ3n) is 5.26. The van der Waals surface area contributed by atoms with Crippen LogP contribution >= 0.6 is 0 Å². The molecule has 156 valence electrons. The molecule has 8 nitrogen and oxygen atoms in total. The van der Waals surface area contributed by atoms with Crippen LogP contribution < -0.4 is 15.2 Å². The Balaban J connectivity index is 1.40. The molecule has 2 amide bonds. The molecule has 8 heteroatoms. The highest BCUT2D eigenvalue weighted by molar-refractivity contribution is 5.92. The molecule has 1 atom stereocenters. The lowest BCUT2D eigenvalue weighted by atomic mass is 9.97. The van der Waals surface area contributed by atoms with Gasteiger partial charge in [0, 0.05) is 13.1 Å². The van der Waals surface area contributed by atoms with Crippen LogP contribution in [0.3, 0.4) is 0 Å². The van der Waals surface area contributed by atoms with Gasteiger partial charge in [0.2, 0.25) is 11.8 Å². The third kappa shape index (κ3) is 4.22. The number of primary amides is 1. The molecule has 1 aliphatic rings. The molecule has 1 saturated heterocycles. The summed E-state index contributed by atoms with van der Waals surface area (Å²) in [5.74, 6) is 0.758. The zero-order chi connectivity index (χ0) is 21.1. The highest BCUT2D eigenvalue weighted by Gasteiger charge is 2.29. The van der Waals surface area contributed by atoms with Crippen molar-refractivity contribution in [3.8, 4) is 11.5 Å². The number of methoxy groups -OCH3 is 1. The minimum Gasteiger partial charge on any atom is -0.497 e. The van der Waals surface area contributed by atoms with Crippen LogP contribution in [0.1, 0.15) is 29.2 Å². The number of fused-ring (bicyclic) bond motifs is 1. The first-order chi connectivity index (χ1) is 14.5. The number of nitrogens with zero attached hydrogens (tertiary/aromatic N) is 2. The number of hydrogen-bond donors (Lipinski definition) is 1. The predicted molar refractivity (Wildman–Crippen MR) is 109 cm³/mol. The van der Waals surface area contributed by atoms with E-state index in [4.69, 9.17) is 19.6 Å². The molecule has 30 heavy (non-hydrogen) atoms. The van der Waals surface area contributed by atoms with Crippen molar-refractivity contribution in [2.45, 2.75) is 19.4 Å². The molecule has 2 N–H and O–H groups in total. The second-order valence-electron chi connectivity index (χ2n) is 7.28.